The first-order valence-electron chi connectivity index (χ1n) is 9.27. The van der Waals surface area contributed by atoms with Crippen molar-refractivity contribution >= 4 is 5.91 Å². The molecule has 1 amide bonds. The Morgan fingerprint density at radius 1 is 1.25 bits per heavy atom. The van der Waals surface area contributed by atoms with Gasteiger partial charge in [-0.1, -0.05) is 5.57 Å². The molecule has 5 rings (SSSR count). The summed E-state index contributed by atoms with van der Waals surface area (Å²) in [7, 11) is 0. The van der Waals surface area contributed by atoms with Crippen LogP contribution in [0.2, 0.25) is 0 Å². The first-order chi connectivity index (χ1) is 11.5. The Balaban J connectivity index is 1.42. The second-order valence-electron chi connectivity index (χ2n) is 8.34. The fraction of sp³-hybridized carbons (Fsp3) is 0.650. The molecule has 0 aromatic carbocycles. The first kappa shape index (κ1) is 15.8. The van der Waals surface area contributed by atoms with Crippen molar-refractivity contribution in [3.8, 4) is 0 Å². The summed E-state index contributed by atoms with van der Waals surface area (Å²) >= 11 is 0. The van der Waals surface area contributed by atoms with Crippen LogP contribution < -0.4 is 5.32 Å². The number of hydrogen-bond donors (Lipinski definition) is 1. The highest BCUT2D eigenvalue weighted by atomic mass is 16.1. The maximum absolute atomic E-state index is 12.4. The molecule has 24 heavy (non-hydrogen) atoms. The molecule has 1 heterocycles. The second kappa shape index (κ2) is 5.98. The van der Waals surface area contributed by atoms with E-state index in [1.165, 1.54) is 44.1 Å². The highest BCUT2D eigenvalue weighted by Crippen LogP contribution is 2.62. The van der Waals surface area contributed by atoms with Gasteiger partial charge in [0.15, 0.2) is 0 Å². The number of nitrogens with zero attached hydrogens (tertiary/aromatic N) is 2. The summed E-state index contributed by atoms with van der Waals surface area (Å²) in [6.07, 6.45) is 11.8. The molecule has 4 aliphatic carbocycles. The number of carbonyl (C=O) groups is 1. The van der Waals surface area contributed by atoms with Crippen molar-refractivity contribution in [1.29, 1.82) is 0 Å². The summed E-state index contributed by atoms with van der Waals surface area (Å²) in [4.78, 5) is 20.8. The minimum Gasteiger partial charge on any atom is -0.347 e. The summed E-state index contributed by atoms with van der Waals surface area (Å²) in [6.45, 7) is 4.51. The number of aromatic nitrogens is 2. The van der Waals surface area contributed by atoms with Gasteiger partial charge in [0.2, 0.25) is 5.91 Å². The molecule has 4 saturated carbocycles. The fourth-order valence-electron chi connectivity index (χ4n) is 5.78. The van der Waals surface area contributed by atoms with E-state index in [4.69, 9.17) is 0 Å². The van der Waals surface area contributed by atoms with E-state index in [1.807, 2.05) is 19.1 Å². The second-order valence-corrected chi connectivity index (χ2v) is 8.34. The van der Waals surface area contributed by atoms with Crippen LogP contribution in [0.25, 0.3) is 0 Å². The van der Waals surface area contributed by atoms with Crippen molar-refractivity contribution in [3.05, 3.63) is 35.4 Å². The van der Waals surface area contributed by atoms with Crippen LogP contribution in [0.1, 0.15) is 57.0 Å². The third-order valence-electron chi connectivity index (χ3n) is 6.50. The quantitative estimate of drug-likeness (QED) is 0.861. The highest BCUT2D eigenvalue weighted by molar-refractivity contribution is 5.88. The van der Waals surface area contributed by atoms with Gasteiger partial charge in [-0.15, -0.1) is 0 Å². The van der Waals surface area contributed by atoms with Crippen LogP contribution in [0.3, 0.4) is 0 Å². The Kier molecular flexibility index (Phi) is 3.93. The number of hydrogen-bond acceptors (Lipinski definition) is 3. The Hall–Kier alpha value is -1.71. The van der Waals surface area contributed by atoms with Gasteiger partial charge < -0.3 is 5.32 Å². The molecule has 4 nitrogen and oxygen atoms in total. The maximum atomic E-state index is 12.4. The summed E-state index contributed by atoms with van der Waals surface area (Å²) < 4.78 is 0. The molecule has 4 aliphatic rings. The number of nitrogens with one attached hydrogen (secondary N) is 1. The maximum Gasteiger partial charge on any atom is 0.244 e. The third-order valence-corrected chi connectivity index (χ3v) is 6.50. The summed E-state index contributed by atoms with van der Waals surface area (Å²) in [5.74, 6) is 3.48. The van der Waals surface area contributed by atoms with Crippen LogP contribution in [0.5, 0.6) is 0 Å². The van der Waals surface area contributed by atoms with Gasteiger partial charge in [0.25, 0.3) is 0 Å². The molecule has 4 heteroatoms. The van der Waals surface area contributed by atoms with Crippen LogP contribution in [-0.4, -0.2) is 15.9 Å². The normalized spacial score (nSPS) is 34.4. The smallest absolute Gasteiger partial charge is 0.244 e. The monoisotopic (exact) mass is 325 g/mol. The minimum absolute atomic E-state index is 0.0134. The van der Waals surface area contributed by atoms with Crippen molar-refractivity contribution in [2.24, 2.45) is 23.2 Å². The Bertz CT molecular complexity index is 644. The largest absolute Gasteiger partial charge is 0.347 e. The zero-order chi connectivity index (χ0) is 16.7. The summed E-state index contributed by atoms with van der Waals surface area (Å²) in [6, 6.07) is 1.85. The lowest BCUT2D eigenvalue weighted by molar-refractivity contribution is -0.116. The molecule has 0 radical (unpaired) electrons. The van der Waals surface area contributed by atoms with Crippen LogP contribution >= 0.6 is 0 Å². The number of carbonyl (C=O) groups excluding carboxylic acids is 1. The molecular formula is C20H27N3O. The van der Waals surface area contributed by atoms with E-state index in [1.54, 1.807) is 6.20 Å². The molecule has 1 aromatic heterocycles. The standard InChI is InChI=1S/C20H27N3O/c1-13(5-19(24)22-12-18-3-4-21-14(2)23-18)20-9-15-6-16(10-20)8-17(7-15)11-20/h3-5,15-17H,6-12H2,1-2H3,(H,22,24)/b13-5+. The average molecular weight is 325 g/mol. The zero-order valence-corrected chi connectivity index (χ0v) is 14.7. The topological polar surface area (TPSA) is 54.9 Å². The van der Waals surface area contributed by atoms with Crippen molar-refractivity contribution in [2.45, 2.75) is 58.9 Å². The highest BCUT2D eigenvalue weighted by Gasteiger charge is 2.51. The average Bonchev–Trinajstić information content (AvgIpc) is 2.52. The van der Waals surface area contributed by atoms with E-state index in [0.29, 0.717) is 12.0 Å². The van der Waals surface area contributed by atoms with Crippen molar-refractivity contribution in [3.63, 3.8) is 0 Å². The van der Waals surface area contributed by atoms with Crippen molar-refractivity contribution in [1.82, 2.24) is 15.3 Å². The van der Waals surface area contributed by atoms with Crippen LogP contribution in [-0.2, 0) is 11.3 Å². The summed E-state index contributed by atoms with van der Waals surface area (Å²) in [5, 5.41) is 2.98. The van der Waals surface area contributed by atoms with E-state index in [0.717, 1.165) is 29.3 Å². The van der Waals surface area contributed by atoms with Crippen molar-refractivity contribution < 1.29 is 4.79 Å². The molecule has 128 valence electrons. The minimum atomic E-state index is 0.0134. The van der Waals surface area contributed by atoms with E-state index >= 15 is 0 Å². The van der Waals surface area contributed by atoms with Gasteiger partial charge in [-0.2, -0.15) is 0 Å². The van der Waals surface area contributed by atoms with Gasteiger partial charge in [0.1, 0.15) is 5.82 Å². The molecule has 0 spiro atoms. The van der Waals surface area contributed by atoms with E-state index < -0.39 is 0 Å². The first-order valence-corrected chi connectivity index (χ1v) is 9.27. The van der Waals surface area contributed by atoms with Crippen LogP contribution in [0.4, 0.5) is 0 Å². The van der Waals surface area contributed by atoms with Gasteiger partial charge in [0.05, 0.1) is 12.2 Å². The van der Waals surface area contributed by atoms with Gasteiger partial charge >= 0.3 is 0 Å². The Labute approximate surface area is 144 Å². The van der Waals surface area contributed by atoms with E-state index in [2.05, 4.69) is 22.2 Å². The number of aryl methyl sites for hydroxylation is 1. The molecule has 0 atom stereocenters. The molecule has 1 N–H and O–H groups in total. The van der Waals surface area contributed by atoms with Gasteiger partial charge in [0, 0.05) is 12.3 Å². The molecular weight excluding hydrogens is 298 g/mol. The molecule has 0 aliphatic heterocycles. The predicted molar refractivity (Wildman–Crippen MR) is 93.0 cm³/mol. The number of rotatable bonds is 4. The molecule has 4 bridgehead atoms. The number of allylic oxidation sites excluding steroid dienone is 1. The molecule has 1 aromatic rings. The fourth-order valence-corrected chi connectivity index (χ4v) is 5.78. The Morgan fingerprint density at radius 2 is 1.88 bits per heavy atom. The van der Waals surface area contributed by atoms with Crippen molar-refractivity contribution in [2.75, 3.05) is 0 Å². The molecule has 4 fully saturated rings. The molecule has 0 saturated heterocycles. The molecule has 0 unspecified atom stereocenters. The SMILES string of the molecule is C/C(=C\C(=O)NCc1ccnc(C)n1)C12CC3CC(CC(C3)C1)C2. The van der Waals surface area contributed by atoms with Gasteiger partial charge in [-0.3, -0.25) is 4.79 Å². The predicted octanol–water partition coefficient (Wildman–Crippen LogP) is 3.56. The lowest BCUT2D eigenvalue weighted by atomic mass is 9.48. The van der Waals surface area contributed by atoms with Gasteiger partial charge in [-0.25, -0.2) is 9.97 Å². The zero-order valence-electron chi connectivity index (χ0n) is 14.7. The van der Waals surface area contributed by atoms with Crippen LogP contribution in [0.15, 0.2) is 23.9 Å². The Morgan fingerprint density at radius 3 is 2.46 bits per heavy atom. The van der Waals surface area contributed by atoms with Crippen LogP contribution in [0, 0.1) is 30.1 Å². The summed E-state index contributed by atoms with van der Waals surface area (Å²) in [5.41, 5.74) is 2.48. The van der Waals surface area contributed by atoms with E-state index in [9.17, 15) is 4.79 Å². The third kappa shape index (κ3) is 2.99. The number of amides is 1. The van der Waals surface area contributed by atoms with E-state index in [-0.39, 0.29) is 5.91 Å². The lowest BCUT2D eigenvalue weighted by Gasteiger charge is -2.57. The lowest BCUT2D eigenvalue weighted by Crippen LogP contribution is -2.46. The van der Waals surface area contributed by atoms with Gasteiger partial charge in [-0.05, 0) is 81.6 Å².